The molecule has 1 amide bonds. The third-order valence-electron chi connectivity index (χ3n) is 6.31. The number of nitrogens with two attached hydrogens (primary N) is 1. The molecule has 9 heteroatoms. The van der Waals surface area contributed by atoms with Crippen LogP contribution in [-0.4, -0.2) is 52.1 Å². The third-order valence-corrected chi connectivity index (χ3v) is 6.56. The van der Waals surface area contributed by atoms with E-state index in [4.69, 9.17) is 26.8 Å². The lowest BCUT2D eigenvalue weighted by atomic mass is 9.92. The van der Waals surface area contributed by atoms with Crippen molar-refractivity contribution in [3.63, 3.8) is 0 Å². The highest BCUT2D eigenvalue weighted by Gasteiger charge is 2.35. The Morgan fingerprint density at radius 1 is 1.06 bits per heavy atom. The summed E-state index contributed by atoms with van der Waals surface area (Å²) in [5.74, 6) is 0.906. The molecule has 0 saturated carbocycles. The highest BCUT2D eigenvalue weighted by molar-refractivity contribution is 6.30. The zero-order valence-electron chi connectivity index (χ0n) is 19.4. The number of ether oxygens (including phenoxy) is 2. The Morgan fingerprint density at radius 2 is 1.75 bits per heavy atom. The Morgan fingerprint density at radius 3 is 2.44 bits per heavy atom. The average molecular weight is 508 g/mol. The maximum absolute atomic E-state index is 13.4. The van der Waals surface area contributed by atoms with Crippen LogP contribution in [-0.2, 0) is 6.42 Å². The number of aliphatic hydroxyl groups excluding tert-OH is 2. The first-order valence-corrected chi connectivity index (χ1v) is 12.0. The first-order valence-electron chi connectivity index (χ1n) is 11.6. The fourth-order valence-corrected chi connectivity index (χ4v) is 4.69. The van der Waals surface area contributed by atoms with Crippen LogP contribution in [0.3, 0.4) is 0 Å². The Labute approximate surface area is 212 Å². The predicted octanol–water partition coefficient (Wildman–Crippen LogP) is 4.28. The summed E-state index contributed by atoms with van der Waals surface area (Å²) in [6.07, 6.45) is -0.546. The molecule has 0 fully saturated rings. The van der Waals surface area contributed by atoms with Crippen molar-refractivity contribution >= 4 is 34.3 Å². The molecule has 1 aliphatic rings. The lowest BCUT2D eigenvalue weighted by Crippen LogP contribution is -2.42. The second-order valence-corrected chi connectivity index (χ2v) is 9.10. The number of halogens is 1. The quantitative estimate of drug-likeness (QED) is 0.289. The number of hydrogen-bond donors (Lipinski definition) is 4. The molecule has 5 N–H and O–H groups in total. The van der Waals surface area contributed by atoms with Gasteiger partial charge < -0.3 is 30.4 Å². The van der Waals surface area contributed by atoms with Crippen LogP contribution < -0.4 is 15.2 Å². The molecule has 2 heterocycles. The molecule has 5 rings (SSSR count). The summed E-state index contributed by atoms with van der Waals surface area (Å²) < 4.78 is 11.3. The summed E-state index contributed by atoms with van der Waals surface area (Å²) >= 11 is 5.97. The van der Waals surface area contributed by atoms with Gasteiger partial charge in [0.05, 0.1) is 13.2 Å². The highest BCUT2D eigenvalue weighted by Crippen LogP contribution is 2.39. The number of carbonyl (C=O) groups excluding carboxylic acids is 1. The van der Waals surface area contributed by atoms with Crippen molar-refractivity contribution in [3.05, 3.63) is 88.6 Å². The van der Waals surface area contributed by atoms with E-state index in [1.807, 2.05) is 30.3 Å². The summed E-state index contributed by atoms with van der Waals surface area (Å²) in [4.78, 5) is 18.5. The van der Waals surface area contributed by atoms with Gasteiger partial charge in [-0.05, 0) is 72.1 Å². The van der Waals surface area contributed by atoms with E-state index in [1.54, 1.807) is 41.3 Å². The number of H-pyrrole nitrogens is 1. The fraction of sp³-hybridized carbons (Fsp3) is 0.222. The van der Waals surface area contributed by atoms with Crippen molar-refractivity contribution < 1.29 is 24.5 Å². The molecular formula is C27H26ClN3O5. The molecule has 4 aromatic rings. The second-order valence-electron chi connectivity index (χ2n) is 8.66. The number of rotatable bonds is 6. The zero-order valence-corrected chi connectivity index (χ0v) is 20.1. The van der Waals surface area contributed by atoms with Gasteiger partial charge >= 0.3 is 6.09 Å². The van der Waals surface area contributed by atoms with Gasteiger partial charge in [-0.3, -0.25) is 4.90 Å². The Balaban J connectivity index is 1.52. The van der Waals surface area contributed by atoms with Crippen molar-refractivity contribution in [2.75, 3.05) is 25.5 Å². The Hall–Kier alpha value is -3.72. The lowest BCUT2D eigenvalue weighted by molar-refractivity contribution is 0.0629. The van der Waals surface area contributed by atoms with Gasteiger partial charge in [-0.15, -0.1) is 0 Å². The monoisotopic (exact) mass is 507 g/mol. The van der Waals surface area contributed by atoms with Crippen molar-refractivity contribution in [3.8, 4) is 11.5 Å². The Bertz CT molecular complexity index is 1370. The second kappa shape index (κ2) is 10.1. The standard InChI is InChI=1S/C27H26ClN3O5/c28-17-3-8-20(9-4-17)36-27(34)31-12-11-22-23-13-18(29)5-10-24(23)30-25(22)26(31)16-1-6-19(7-2-16)35-21(14-32)15-33/h1-10,13,21,26,30,32-33H,11-12,14-15,29H2. The number of nitrogens with one attached hydrogen (secondary N) is 1. The first kappa shape index (κ1) is 24.0. The minimum Gasteiger partial charge on any atom is -0.486 e. The Kier molecular flexibility index (Phi) is 6.73. The number of aromatic nitrogens is 1. The molecule has 1 aromatic heterocycles. The van der Waals surface area contributed by atoms with Crippen molar-refractivity contribution in [1.82, 2.24) is 9.88 Å². The molecule has 3 aromatic carbocycles. The van der Waals surface area contributed by atoms with Gasteiger partial charge in [0, 0.05) is 33.9 Å². The maximum atomic E-state index is 13.4. The molecular weight excluding hydrogens is 482 g/mol. The summed E-state index contributed by atoms with van der Waals surface area (Å²) in [6.45, 7) is -0.152. The summed E-state index contributed by atoms with van der Waals surface area (Å²) in [6, 6.07) is 19.2. The number of carbonyl (C=O) groups is 1. The van der Waals surface area contributed by atoms with E-state index in [2.05, 4.69) is 4.98 Å². The topological polar surface area (TPSA) is 121 Å². The van der Waals surface area contributed by atoms with Crippen LogP contribution in [0, 0.1) is 0 Å². The minimum absolute atomic E-state index is 0.299. The van der Waals surface area contributed by atoms with Crippen LogP contribution in [0.1, 0.15) is 22.9 Å². The number of fused-ring (bicyclic) bond motifs is 3. The number of amides is 1. The van der Waals surface area contributed by atoms with Crippen LogP contribution in [0.5, 0.6) is 11.5 Å². The van der Waals surface area contributed by atoms with E-state index in [9.17, 15) is 15.0 Å². The summed E-state index contributed by atoms with van der Waals surface area (Å²) in [5.41, 5.74) is 10.5. The van der Waals surface area contributed by atoms with Crippen LogP contribution >= 0.6 is 11.6 Å². The van der Waals surface area contributed by atoms with E-state index < -0.39 is 18.2 Å². The van der Waals surface area contributed by atoms with E-state index in [0.717, 1.165) is 27.7 Å². The minimum atomic E-state index is -0.706. The van der Waals surface area contributed by atoms with Crippen molar-refractivity contribution in [2.45, 2.75) is 18.6 Å². The van der Waals surface area contributed by atoms with Gasteiger partial charge in [0.1, 0.15) is 23.6 Å². The van der Waals surface area contributed by atoms with Gasteiger partial charge in [-0.25, -0.2) is 4.79 Å². The molecule has 0 radical (unpaired) electrons. The van der Waals surface area contributed by atoms with E-state index in [0.29, 0.717) is 35.2 Å². The van der Waals surface area contributed by atoms with Gasteiger partial charge in [-0.1, -0.05) is 23.7 Å². The summed E-state index contributed by atoms with van der Waals surface area (Å²) in [5, 5.41) is 20.2. The van der Waals surface area contributed by atoms with Gasteiger partial charge in [0.25, 0.3) is 0 Å². The number of benzene rings is 3. The summed E-state index contributed by atoms with van der Waals surface area (Å²) in [7, 11) is 0. The number of aliphatic hydroxyl groups is 2. The molecule has 36 heavy (non-hydrogen) atoms. The third kappa shape index (κ3) is 4.70. The molecule has 1 aliphatic heterocycles. The maximum Gasteiger partial charge on any atom is 0.416 e. The predicted molar refractivity (Wildman–Crippen MR) is 137 cm³/mol. The molecule has 0 spiro atoms. The van der Waals surface area contributed by atoms with Crippen LogP contribution in [0.4, 0.5) is 10.5 Å². The van der Waals surface area contributed by atoms with Crippen LogP contribution in [0.2, 0.25) is 5.02 Å². The van der Waals surface area contributed by atoms with Crippen molar-refractivity contribution in [1.29, 1.82) is 0 Å². The molecule has 8 nitrogen and oxygen atoms in total. The van der Waals surface area contributed by atoms with E-state index in [1.165, 1.54) is 0 Å². The number of aromatic amines is 1. The molecule has 0 aliphatic carbocycles. The average Bonchev–Trinajstić information content (AvgIpc) is 3.26. The molecule has 186 valence electrons. The molecule has 1 unspecified atom stereocenters. The fourth-order valence-electron chi connectivity index (χ4n) is 4.56. The smallest absolute Gasteiger partial charge is 0.416 e. The van der Waals surface area contributed by atoms with E-state index in [-0.39, 0.29) is 13.2 Å². The first-order chi connectivity index (χ1) is 17.5. The number of hydrogen-bond acceptors (Lipinski definition) is 6. The molecule has 1 atom stereocenters. The van der Waals surface area contributed by atoms with Gasteiger partial charge in [-0.2, -0.15) is 0 Å². The number of nitrogens with zero attached hydrogens (tertiary/aromatic N) is 1. The normalized spacial score (nSPS) is 15.2. The van der Waals surface area contributed by atoms with Crippen LogP contribution in [0.15, 0.2) is 66.7 Å². The van der Waals surface area contributed by atoms with Gasteiger partial charge in [0.2, 0.25) is 0 Å². The highest BCUT2D eigenvalue weighted by atomic mass is 35.5. The van der Waals surface area contributed by atoms with Gasteiger partial charge in [0.15, 0.2) is 0 Å². The molecule has 0 saturated heterocycles. The number of anilines is 1. The SMILES string of the molecule is Nc1ccc2[nH]c3c(c2c1)CCN(C(=O)Oc1ccc(Cl)cc1)C3c1ccc(OC(CO)CO)cc1. The van der Waals surface area contributed by atoms with Crippen LogP contribution in [0.25, 0.3) is 10.9 Å². The lowest BCUT2D eigenvalue weighted by Gasteiger charge is -2.35. The molecule has 0 bridgehead atoms. The zero-order chi connectivity index (χ0) is 25.2. The van der Waals surface area contributed by atoms with Crippen molar-refractivity contribution in [2.24, 2.45) is 0 Å². The number of nitrogen functional groups attached to an aromatic ring is 1. The van der Waals surface area contributed by atoms with E-state index >= 15 is 0 Å². The largest absolute Gasteiger partial charge is 0.486 e.